The summed E-state index contributed by atoms with van der Waals surface area (Å²) >= 11 is 0. The van der Waals surface area contributed by atoms with Crippen LogP contribution >= 0.6 is 0 Å². The molecule has 6 nitrogen and oxygen atoms in total. The second kappa shape index (κ2) is 6.94. The Hall–Kier alpha value is -1.85. The molecule has 1 saturated heterocycles. The van der Waals surface area contributed by atoms with E-state index in [1.165, 1.54) is 12.8 Å². The molecule has 2 heterocycles. The van der Waals surface area contributed by atoms with Crippen LogP contribution in [-0.2, 0) is 4.79 Å². The molecule has 1 saturated carbocycles. The first-order chi connectivity index (χ1) is 10.8. The smallest absolute Gasteiger partial charge is 0.234 e. The molecule has 0 spiro atoms. The number of ether oxygens (including phenoxy) is 1. The second-order valence-electron chi connectivity index (χ2n) is 6.07. The number of hydrogen-bond donors (Lipinski definition) is 1. The van der Waals surface area contributed by atoms with Crippen molar-refractivity contribution in [3.63, 3.8) is 0 Å². The van der Waals surface area contributed by atoms with Crippen molar-refractivity contribution >= 4 is 11.7 Å². The van der Waals surface area contributed by atoms with Crippen LogP contribution < -0.4 is 10.1 Å². The minimum atomic E-state index is 0.247. The highest BCUT2D eigenvalue weighted by Gasteiger charge is 2.32. The molecule has 0 bridgehead atoms. The molecule has 3 rings (SSSR count). The first kappa shape index (κ1) is 15.1. The Balaban J connectivity index is 1.54. The van der Waals surface area contributed by atoms with Crippen molar-refractivity contribution in [3.8, 4) is 5.88 Å². The lowest BCUT2D eigenvalue weighted by Gasteiger charge is -2.20. The lowest BCUT2D eigenvalue weighted by atomic mass is 10.1. The van der Waals surface area contributed by atoms with Crippen LogP contribution in [-0.4, -0.2) is 46.5 Å². The molecule has 1 aliphatic carbocycles. The number of nitrogens with zero attached hydrogens (tertiary/aromatic N) is 3. The van der Waals surface area contributed by atoms with E-state index in [1.807, 2.05) is 11.8 Å². The highest BCUT2D eigenvalue weighted by atomic mass is 16.5. The predicted octanol–water partition coefficient (Wildman–Crippen LogP) is 2.08. The van der Waals surface area contributed by atoms with E-state index < -0.39 is 0 Å². The lowest BCUT2D eigenvalue weighted by Crippen LogP contribution is -2.35. The highest BCUT2D eigenvalue weighted by Crippen LogP contribution is 2.28. The topological polar surface area (TPSA) is 67.3 Å². The number of carbonyl (C=O) groups excluding carboxylic acids is 1. The molecule has 1 aromatic heterocycles. The summed E-state index contributed by atoms with van der Waals surface area (Å²) in [5.41, 5.74) is 0. The first-order valence-corrected chi connectivity index (χ1v) is 8.26. The molecule has 1 amide bonds. The Bertz CT molecular complexity index is 517. The molecule has 0 aromatic carbocycles. The Morgan fingerprint density at radius 3 is 2.95 bits per heavy atom. The number of nitrogens with one attached hydrogen (secondary N) is 1. The third-order valence-electron chi connectivity index (χ3n) is 4.46. The van der Waals surface area contributed by atoms with E-state index in [0.717, 1.165) is 32.4 Å². The zero-order valence-corrected chi connectivity index (χ0v) is 13.1. The van der Waals surface area contributed by atoms with Gasteiger partial charge in [-0.15, -0.1) is 0 Å². The molecule has 2 fully saturated rings. The van der Waals surface area contributed by atoms with Gasteiger partial charge in [0.05, 0.1) is 19.0 Å². The van der Waals surface area contributed by atoms with Crippen LogP contribution in [0.4, 0.5) is 5.82 Å². The van der Waals surface area contributed by atoms with Gasteiger partial charge < -0.3 is 15.0 Å². The summed E-state index contributed by atoms with van der Waals surface area (Å²) in [7, 11) is 0. The maximum absolute atomic E-state index is 12.4. The molecular formula is C16H24N4O2. The summed E-state index contributed by atoms with van der Waals surface area (Å²) in [4.78, 5) is 22.9. The van der Waals surface area contributed by atoms with Gasteiger partial charge in [-0.3, -0.25) is 9.78 Å². The maximum atomic E-state index is 12.4. The Morgan fingerprint density at radius 2 is 2.18 bits per heavy atom. The Kier molecular flexibility index (Phi) is 4.75. The van der Waals surface area contributed by atoms with E-state index in [0.29, 0.717) is 24.2 Å². The minimum absolute atomic E-state index is 0.247. The van der Waals surface area contributed by atoms with Gasteiger partial charge in [0.1, 0.15) is 5.82 Å². The molecule has 1 atom stereocenters. The van der Waals surface area contributed by atoms with Gasteiger partial charge in [0.25, 0.3) is 0 Å². The zero-order chi connectivity index (χ0) is 15.4. The molecule has 1 unspecified atom stereocenters. The summed E-state index contributed by atoms with van der Waals surface area (Å²) in [6.07, 6.45) is 8.80. The minimum Gasteiger partial charge on any atom is -0.477 e. The molecule has 1 aliphatic heterocycles. The van der Waals surface area contributed by atoms with Gasteiger partial charge in [0.15, 0.2) is 0 Å². The van der Waals surface area contributed by atoms with Crippen LogP contribution in [0.3, 0.4) is 0 Å². The van der Waals surface area contributed by atoms with Gasteiger partial charge in [-0.05, 0) is 26.2 Å². The lowest BCUT2D eigenvalue weighted by molar-refractivity contribution is -0.134. The van der Waals surface area contributed by atoms with Crippen LogP contribution in [0, 0.1) is 5.92 Å². The van der Waals surface area contributed by atoms with Crippen molar-refractivity contribution in [2.45, 2.75) is 45.1 Å². The molecule has 6 heteroatoms. The van der Waals surface area contributed by atoms with Crippen molar-refractivity contribution in [3.05, 3.63) is 12.4 Å². The number of anilines is 1. The van der Waals surface area contributed by atoms with Crippen molar-refractivity contribution in [1.29, 1.82) is 0 Å². The zero-order valence-electron chi connectivity index (χ0n) is 13.1. The number of carbonyl (C=O) groups is 1. The summed E-state index contributed by atoms with van der Waals surface area (Å²) < 4.78 is 5.36. The quantitative estimate of drug-likeness (QED) is 0.902. The van der Waals surface area contributed by atoms with E-state index in [9.17, 15) is 4.79 Å². The SMILES string of the molecule is CCOc1cncc(NC2CCN(C(=O)C3CCCC3)C2)n1. The first-order valence-electron chi connectivity index (χ1n) is 8.26. The predicted molar refractivity (Wildman–Crippen MR) is 83.8 cm³/mol. The molecule has 1 N–H and O–H groups in total. The van der Waals surface area contributed by atoms with Crippen LogP contribution in [0.15, 0.2) is 12.4 Å². The summed E-state index contributed by atoms with van der Waals surface area (Å²) in [6, 6.07) is 0.247. The van der Waals surface area contributed by atoms with Gasteiger partial charge in [-0.1, -0.05) is 12.8 Å². The molecule has 120 valence electrons. The van der Waals surface area contributed by atoms with Gasteiger partial charge in [0.2, 0.25) is 11.8 Å². The largest absolute Gasteiger partial charge is 0.477 e. The van der Waals surface area contributed by atoms with Gasteiger partial charge >= 0.3 is 0 Å². The molecule has 1 aromatic rings. The maximum Gasteiger partial charge on any atom is 0.234 e. The third kappa shape index (κ3) is 3.48. The normalized spacial score (nSPS) is 22.0. The van der Waals surface area contributed by atoms with Crippen LogP contribution in [0.2, 0.25) is 0 Å². The van der Waals surface area contributed by atoms with E-state index in [1.54, 1.807) is 12.4 Å². The molecule has 2 aliphatic rings. The van der Waals surface area contributed by atoms with Crippen LogP contribution in [0.25, 0.3) is 0 Å². The summed E-state index contributed by atoms with van der Waals surface area (Å²) in [5, 5.41) is 3.37. The molecule has 0 radical (unpaired) electrons. The molecule has 22 heavy (non-hydrogen) atoms. The average Bonchev–Trinajstić information content (AvgIpc) is 3.19. The number of likely N-dealkylation sites (tertiary alicyclic amines) is 1. The monoisotopic (exact) mass is 304 g/mol. The van der Waals surface area contributed by atoms with Crippen LogP contribution in [0.1, 0.15) is 39.0 Å². The van der Waals surface area contributed by atoms with E-state index in [2.05, 4.69) is 15.3 Å². The number of aromatic nitrogens is 2. The fourth-order valence-corrected chi connectivity index (χ4v) is 3.35. The van der Waals surface area contributed by atoms with Crippen molar-refractivity contribution in [2.75, 3.05) is 25.0 Å². The standard InChI is InChI=1S/C16H24N4O2/c1-2-22-15-10-17-9-14(19-15)18-13-7-8-20(11-13)16(21)12-5-3-4-6-12/h9-10,12-13H,2-8,11H2,1H3,(H,18,19). The van der Waals surface area contributed by atoms with Gasteiger partial charge in [0, 0.05) is 25.0 Å². The van der Waals surface area contributed by atoms with Crippen molar-refractivity contribution in [1.82, 2.24) is 14.9 Å². The third-order valence-corrected chi connectivity index (χ3v) is 4.46. The summed E-state index contributed by atoms with van der Waals surface area (Å²) in [5.74, 6) is 1.85. The number of hydrogen-bond acceptors (Lipinski definition) is 5. The van der Waals surface area contributed by atoms with Crippen LogP contribution in [0.5, 0.6) is 5.88 Å². The fourth-order valence-electron chi connectivity index (χ4n) is 3.35. The fraction of sp³-hybridized carbons (Fsp3) is 0.688. The summed E-state index contributed by atoms with van der Waals surface area (Å²) in [6.45, 7) is 4.10. The Labute approximate surface area is 131 Å². The highest BCUT2D eigenvalue weighted by molar-refractivity contribution is 5.79. The average molecular weight is 304 g/mol. The van der Waals surface area contributed by atoms with Crippen molar-refractivity contribution < 1.29 is 9.53 Å². The van der Waals surface area contributed by atoms with E-state index >= 15 is 0 Å². The van der Waals surface area contributed by atoms with E-state index in [4.69, 9.17) is 4.74 Å². The van der Waals surface area contributed by atoms with E-state index in [-0.39, 0.29) is 12.0 Å². The van der Waals surface area contributed by atoms with Crippen molar-refractivity contribution in [2.24, 2.45) is 5.92 Å². The Morgan fingerprint density at radius 1 is 1.36 bits per heavy atom. The van der Waals surface area contributed by atoms with Gasteiger partial charge in [-0.25, -0.2) is 0 Å². The number of rotatable bonds is 5. The molecular weight excluding hydrogens is 280 g/mol. The van der Waals surface area contributed by atoms with Gasteiger partial charge in [-0.2, -0.15) is 4.98 Å². The second-order valence-corrected chi connectivity index (χ2v) is 6.07. The number of amides is 1.